The van der Waals surface area contributed by atoms with Crippen LogP contribution in [-0.4, -0.2) is 44.7 Å². The summed E-state index contributed by atoms with van der Waals surface area (Å²) in [7, 11) is 0. The quantitative estimate of drug-likeness (QED) is 0.902. The van der Waals surface area contributed by atoms with Crippen molar-refractivity contribution in [2.24, 2.45) is 0 Å². The number of aromatic nitrogens is 3. The first-order valence-corrected chi connectivity index (χ1v) is 8.45. The minimum absolute atomic E-state index is 0.0555. The van der Waals surface area contributed by atoms with E-state index in [1.54, 1.807) is 0 Å². The third-order valence-corrected chi connectivity index (χ3v) is 4.55. The number of rotatable bonds is 4. The van der Waals surface area contributed by atoms with Crippen LogP contribution in [0.5, 0.6) is 0 Å². The number of amides is 1. The van der Waals surface area contributed by atoms with Crippen LogP contribution >= 0.6 is 0 Å². The lowest BCUT2D eigenvalue weighted by Crippen LogP contribution is -2.42. The van der Waals surface area contributed by atoms with Crippen molar-refractivity contribution < 1.29 is 18.0 Å². The topological polar surface area (TPSA) is 63.1 Å². The molecule has 1 aliphatic heterocycles. The van der Waals surface area contributed by atoms with Crippen LogP contribution < -0.4 is 5.32 Å². The first kappa shape index (κ1) is 18.4. The van der Waals surface area contributed by atoms with Crippen LogP contribution in [0.4, 0.5) is 18.9 Å². The largest absolute Gasteiger partial charge is 0.416 e. The number of carbonyl (C=O) groups excluding carboxylic acids is 1. The number of nitrogens with zero attached hydrogens (tertiary/aromatic N) is 4. The molecule has 1 saturated heterocycles. The number of benzene rings is 1. The molecule has 1 atom stereocenters. The van der Waals surface area contributed by atoms with Gasteiger partial charge in [-0.1, -0.05) is 6.42 Å². The van der Waals surface area contributed by atoms with Gasteiger partial charge >= 0.3 is 6.18 Å². The van der Waals surface area contributed by atoms with E-state index in [-0.39, 0.29) is 24.2 Å². The monoisotopic (exact) mass is 367 g/mol. The molecule has 0 saturated carbocycles. The number of nitrogens with one attached hydrogen (secondary N) is 1. The molecule has 1 aromatic carbocycles. The van der Waals surface area contributed by atoms with E-state index < -0.39 is 11.7 Å². The van der Waals surface area contributed by atoms with E-state index in [1.165, 1.54) is 23.4 Å². The SMILES string of the molecule is C[C@@H]1CCCCN1CC(=O)Nc1cc(C(F)(F)F)ccc1-n1cncn1. The number of hydrogen-bond donors (Lipinski definition) is 1. The number of hydrogen-bond acceptors (Lipinski definition) is 4. The highest BCUT2D eigenvalue weighted by Crippen LogP contribution is 2.33. The van der Waals surface area contributed by atoms with Crippen LogP contribution in [0.25, 0.3) is 5.69 Å². The Kier molecular flexibility index (Phi) is 5.26. The van der Waals surface area contributed by atoms with Gasteiger partial charge in [-0.15, -0.1) is 0 Å². The van der Waals surface area contributed by atoms with Crippen molar-refractivity contribution in [3.63, 3.8) is 0 Å². The highest BCUT2D eigenvalue weighted by Gasteiger charge is 2.31. The number of anilines is 1. The van der Waals surface area contributed by atoms with Gasteiger partial charge in [0.15, 0.2) is 0 Å². The molecule has 1 fully saturated rings. The van der Waals surface area contributed by atoms with Gasteiger partial charge in [0.2, 0.25) is 5.91 Å². The van der Waals surface area contributed by atoms with Gasteiger partial charge in [-0.2, -0.15) is 18.3 Å². The molecule has 0 radical (unpaired) electrons. The Morgan fingerprint density at radius 3 is 2.81 bits per heavy atom. The minimum Gasteiger partial charge on any atom is -0.323 e. The van der Waals surface area contributed by atoms with E-state index in [0.717, 1.165) is 37.9 Å². The molecule has 1 amide bonds. The molecular formula is C17H20F3N5O. The summed E-state index contributed by atoms with van der Waals surface area (Å²) in [5.41, 5.74) is -0.446. The van der Waals surface area contributed by atoms with Crippen molar-refractivity contribution >= 4 is 11.6 Å². The third-order valence-electron chi connectivity index (χ3n) is 4.55. The molecule has 2 aromatic rings. The molecule has 26 heavy (non-hydrogen) atoms. The van der Waals surface area contributed by atoms with E-state index >= 15 is 0 Å². The maximum absolute atomic E-state index is 13.0. The second-order valence-electron chi connectivity index (χ2n) is 6.43. The maximum atomic E-state index is 13.0. The first-order valence-electron chi connectivity index (χ1n) is 8.45. The second-order valence-corrected chi connectivity index (χ2v) is 6.43. The van der Waals surface area contributed by atoms with Crippen molar-refractivity contribution in [2.75, 3.05) is 18.4 Å². The fraction of sp³-hybridized carbons (Fsp3) is 0.471. The summed E-state index contributed by atoms with van der Waals surface area (Å²) in [6.45, 7) is 3.01. The summed E-state index contributed by atoms with van der Waals surface area (Å²) in [4.78, 5) is 18.3. The lowest BCUT2D eigenvalue weighted by molar-refractivity contribution is -0.137. The first-order chi connectivity index (χ1) is 12.3. The van der Waals surface area contributed by atoms with Crippen molar-refractivity contribution in [2.45, 2.75) is 38.4 Å². The van der Waals surface area contributed by atoms with Crippen molar-refractivity contribution in [3.05, 3.63) is 36.4 Å². The predicted molar refractivity (Wildman–Crippen MR) is 89.9 cm³/mol. The summed E-state index contributed by atoms with van der Waals surface area (Å²) in [5.74, 6) is -0.348. The van der Waals surface area contributed by atoms with E-state index in [9.17, 15) is 18.0 Å². The van der Waals surface area contributed by atoms with Gasteiger partial charge in [-0.25, -0.2) is 9.67 Å². The zero-order valence-corrected chi connectivity index (χ0v) is 14.3. The lowest BCUT2D eigenvalue weighted by Gasteiger charge is -2.32. The molecule has 2 heterocycles. The fourth-order valence-electron chi connectivity index (χ4n) is 3.11. The Morgan fingerprint density at radius 2 is 2.15 bits per heavy atom. The lowest BCUT2D eigenvalue weighted by atomic mass is 10.0. The molecular weight excluding hydrogens is 347 g/mol. The number of likely N-dealkylation sites (tertiary alicyclic amines) is 1. The van der Waals surface area contributed by atoms with Crippen LogP contribution in [0.1, 0.15) is 31.7 Å². The van der Waals surface area contributed by atoms with Crippen molar-refractivity contribution in [1.82, 2.24) is 19.7 Å². The third kappa shape index (κ3) is 4.21. The molecule has 0 bridgehead atoms. The molecule has 0 aliphatic carbocycles. The standard InChI is InChI=1S/C17H20F3N5O/c1-12-4-2-3-7-24(12)9-16(26)23-14-8-13(17(18,19)20)5-6-15(14)25-11-21-10-22-25/h5-6,8,10-12H,2-4,7,9H2,1H3,(H,23,26)/t12-/m1/s1. The second kappa shape index (κ2) is 7.45. The number of alkyl halides is 3. The molecule has 0 spiro atoms. The van der Waals surface area contributed by atoms with Gasteiger partial charge in [-0.05, 0) is 44.5 Å². The average Bonchev–Trinajstić information content (AvgIpc) is 3.10. The summed E-state index contributed by atoms with van der Waals surface area (Å²) in [5, 5.41) is 6.55. The Morgan fingerprint density at radius 1 is 1.35 bits per heavy atom. The minimum atomic E-state index is -4.50. The summed E-state index contributed by atoms with van der Waals surface area (Å²) in [6.07, 6.45) is 1.31. The fourth-order valence-corrected chi connectivity index (χ4v) is 3.11. The van der Waals surface area contributed by atoms with Crippen LogP contribution in [0.3, 0.4) is 0 Å². The van der Waals surface area contributed by atoms with Crippen LogP contribution in [0.2, 0.25) is 0 Å². The normalized spacial score (nSPS) is 18.7. The molecule has 9 heteroatoms. The van der Waals surface area contributed by atoms with E-state index in [2.05, 4.69) is 22.3 Å². The smallest absolute Gasteiger partial charge is 0.323 e. The van der Waals surface area contributed by atoms with Gasteiger partial charge in [0.05, 0.1) is 23.5 Å². The van der Waals surface area contributed by atoms with Crippen LogP contribution in [-0.2, 0) is 11.0 Å². The van der Waals surface area contributed by atoms with Gasteiger partial charge < -0.3 is 5.32 Å². The Bertz CT molecular complexity index is 760. The Labute approximate surface area is 149 Å². The highest BCUT2D eigenvalue weighted by molar-refractivity contribution is 5.94. The maximum Gasteiger partial charge on any atom is 0.416 e. The zero-order valence-electron chi connectivity index (χ0n) is 14.3. The molecule has 3 rings (SSSR count). The predicted octanol–water partition coefficient (Wildman–Crippen LogP) is 3.10. The van der Waals surface area contributed by atoms with E-state index in [4.69, 9.17) is 0 Å². The van der Waals surface area contributed by atoms with Crippen molar-refractivity contribution in [1.29, 1.82) is 0 Å². The Balaban J connectivity index is 1.83. The molecule has 1 aromatic heterocycles. The number of halogens is 3. The molecule has 140 valence electrons. The van der Waals surface area contributed by atoms with Crippen LogP contribution in [0.15, 0.2) is 30.9 Å². The van der Waals surface area contributed by atoms with E-state index in [0.29, 0.717) is 5.69 Å². The highest BCUT2D eigenvalue weighted by atomic mass is 19.4. The van der Waals surface area contributed by atoms with Crippen LogP contribution in [0, 0.1) is 0 Å². The van der Waals surface area contributed by atoms with Gasteiger partial charge in [0.1, 0.15) is 12.7 Å². The number of piperidine rings is 1. The van der Waals surface area contributed by atoms with Gasteiger partial charge in [-0.3, -0.25) is 9.69 Å². The number of carbonyl (C=O) groups is 1. The molecule has 1 aliphatic rings. The van der Waals surface area contributed by atoms with E-state index in [1.807, 2.05) is 4.90 Å². The van der Waals surface area contributed by atoms with Gasteiger partial charge in [0, 0.05) is 6.04 Å². The molecule has 1 N–H and O–H groups in total. The average molecular weight is 367 g/mol. The summed E-state index contributed by atoms with van der Waals surface area (Å²) in [6, 6.07) is 3.44. The summed E-state index contributed by atoms with van der Waals surface area (Å²) < 4.78 is 40.5. The molecule has 0 unspecified atom stereocenters. The zero-order chi connectivity index (χ0) is 18.7. The summed E-state index contributed by atoms with van der Waals surface area (Å²) >= 11 is 0. The Hall–Kier alpha value is -2.42. The molecule has 6 nitrogen and oxygen atoms in total. The van der Waals surface area contributed by atoms with Crippen molar-refractivity contribution in [3.8, 4) is 5.69 Å². The van der Waals surface area contributed by atoms with Gasteiger partial charge in [0.25, 0.3) is 0 Å².